The van der Waals surface area contributed by atoms with Crippen LogP contribution in [0, 0.1) is 6.92 Å². The zero-order chi connectivity index (χ0) is 13.1. The smallest absolute Gasteiger partial charge is 0.132 e. The summed E-state index contributed by atoms with van der Waals surface area (Å²) in [6, 6.07) is 0. The lowest BCUT2D eigenvalue weighted by molar-refractivity contribution is 0.663. The van der Waals surface area contributed by atoms with Gasteiger partial charge in [0.15, 0.2) is 0 Å². The summed E-state index contributed by atoms with van der Waals surface area (Å²) in [4.78, 5) is 13.3. The van der Waals surface area contributed by atoms with E-state index in [0.29, 0.717) is 0 Å². The largest absolute Gasteiger partial charge is 0.369 e. The van der Waals surface area contributed by atoms with Crippen molar-refractivity contribution in [3.63, 3.8) is 0 Å². The van der Waals surface area contributed by atoms with Crippen molar-refractivity contribution in [2.24, 2.45) is 0 Å². The normalized spacial score (nSPS) is 14.2. The molecule has 2 aromatic rings. The first-order chi connectivity index (χ1) is 9.33. The van der Waals surface area contributed by atoms with Crippen LogP contribution in [0.5, 0.6) is 0 Å². The molecule has 0 unspecified atom stereocenters. The monoisotopic (exact) mass is 274 g/mol. The maximum Gasteiger partial charge on any atom is 0.132 e. The third kappa shape index (κ3) is 2.92. The molecule has 19 heavy (non-hydrogen) atoms. The summed E-state index contributed by atoms with van der Waals surface area (Å²) < 4.78 is 0. The Balaban J connectivity index is 1.64. The Bertz CT molecular complexity index is 564. The molecule has 0 amide bonds. The number of thiazole rings is 1. The molecule has 0 saturated carbocycles. The van der Waals surface area contributed by atoms with Crippen LogP contribution in [-0.2, 0) is 19.3 Å². The number of fused-ring (bicyclic) bond motifs is 1. The Hall–Kier alpha value is -1.49. The second-order valence-electron chi connectivity index (χ2n) is 4.91. The van der Waals surface area contributed by atoms with Crippen molar-refractivity contribution in [1.29, 1.82) is 0 Å². The standard InChI is InChI=1S/C14H18N4S/c1-10-8-19-13(18-10)6-7-15-14-11-4-2-3-5-12(11)16-9-17-14/h8-9H,2-7H2,1H3,(H,15,16,17). The van der Waals surface area contributed by atoms with E-state index in [1.807, 2.05) is 6.92 Å². The van der Waals surface area contributed by atoms with Gasteiger partial charge in [-0.1, -0.05) is 0 Å². The third-order valence-electron chi connectivity index (χ3n) is 3.42. The van der Waals surface area contributed by atoms with E-state index >= 15 is 0 Å². The first-order valence-corrected chi connectivity index (χ1v) is 7.68. The highest BCUT2D eigenvalue weighted by molar-refractivity contribution is 7.09. The van der Waals surface area contributed by atoms with Gasteiger partial charge in [-0.25, -0.2) is 15.0 Å². The number of anilines is 1. The fourth-order valence-electron chi connectivity index (χ4n) is 2.48. The molecular weight excluding hydrogens is 256 g/mol. The molecule has 2 aromatic heterocycles. The Labute approximate surface area is 117 Å². The minimum Gasteiger partial charge on any atom is -0.369 e. The van der Waals surface area contributed by atoms with Crippen LogP contribution in [-0.4, -0.2) is 21.5 Å². The molecule has 1 N–H and O–H groups in total. The quantitative estimate of drug-likeness (QED) is 0.931. The molecule has 5 heteroatoms. The maximum atomic E-state index is 4.48. The zero-order valence-corrected chi connectivity index (χ0v) is 12.0. The fourth-order valence-corrected chi connectivity index (χ4v) is 3.25. The van der Waals surface area contributed by atoms with Gasteiger partial charge >= 0.3 is 0 Å². The summed E-state index contributed by atoms with van der Waals surface area (Å²) in [5, 5.41) is 6.73. The number of aryl methyl sites for hydroxylation is 2. The highest BCUT2D eigenvalue weighted by atomic mass is 32.1. The van der Waals surface area contributed by atoms with Crippen LogP contribution in [0.15, 0.2) is 11.7 Å². The Kier molecular flexibility index (Phi) is 3.73. The minimum absolute atomic E-state index is 0.885. The van der Waals surface area contributed by atoms with E-state index < -0.39 is 0 Å². The first-order valence-electron chi connectivity index (χ1n) is 6.80. The van der Waals surface area contributed by atoms with Gasteiger partial charge in [-0.3, -0.25) is 0 Å². The summed E-state index contributed by atoms with van der Waals surface area (Å²) in [6.07, 6.45) is 7.34. The third-order valence-corrected chi connectivity index (χ3v) is 4.45. The van der Waals surface area contributed by atoms with Gasteiger partial charge in [0.1, 0.15) is 12.1 Å². The molecule has 0 aliphatic heterocycles. The van der Waals surface area contributed by atoms with Gasteiger partial charge in [0.2, 0.25) is 0 Å². The lowest BCUT2D eigenvalue weighted by Crippen LogP contribution is -2.13. The predicted molar refractivity (Wildman–Crippen MR) is 77.7 cm³/mol. The summed E-state index contributed by atoms with van der Waals surface area (Å²) in [5.74, 6) is 1.03. The topological polar surface area (TPSA) is 50.7 Å². The molecule has 0 saturated heterocycles. The molecular formula is C14H18N4S. The second-order valence-corrected chi connectivity index (χ2v) is 5.86. The van der Waals surface area contributed by atoms with Crippen molar-refractivity contribution < 1.29 is 0 Å². The van der Waals surface area contributed by atoms with Crippen LogP contribution in [0.4, 0.5) is 5.82 Å². The van der Waals surface area contributed by atoms with Gasteiger partial charge in [0.25, 0.3) is 0 Å². The van der Waals surface area contributed by atoms with E-state index in [-0.39, 0.29) is 0 Å². The van der Waals surface area contributed by atoms with Gasteiger partial charge in [-0.05, 0) is 32.6 Å². The minimum atomic E-state index is 0.885. The number of rotatable bonds is 4. The molecule has 0 atom stereocenters. The van der Waals surface area contributed by atoms with Gasteiger partial charge in [-0.2, -0.15) is 0 Å². The van der Waals surface area contributed by atoms with Crippen LogP contribution in [0.1, 0.15) is 34.8 Å². The van der Waals surface area contributed by atoms with E-state index in [0.717, 1.165) is 37.3 Å². The molecule has 100 valence electrons. The van der Waals surface area contributed by atoms with Crippen molar-refractivity contribution in [2.75, 3.05) is 11.9 Å². The molecule has 0 fully saturated rings. The van der Waals surface area contributed by atoms with Crippen LogP contribution < -0.4 is 5.32 Å². The molecule has 0 bridgehead atoms. The maximum absolute atomic E-state index is 4.48. The first kappa shape index (κ1) is 12.5. The zero-order valence-electron chi connectivity index (χ0n) is 11.1. The van der Waals surface area contributed by atoms with Crippen molar-refractivity contribution in [1.82, 2.24) is 15.0 Å². The number of hydrogen-bond acceptors (Lipinski definition) is 5. The highest BCUT2D eigenvalue weighted by Gasteiger charge is 2.14. The van der Waals surface area contributed by atoms with Crippen LogP contribution in [0.3, 0.4) is 0 Å². The van der Waals surface area contributed by atoms with Crippen molar-refractivity contribution in [3.05, 3.63) is 33.7 Å². The van der Waals surface area contributed by atoms with Gasteiger partial charge in [-0.15, -0.1) is 11.3 Å². The van der Waals surface area contributed by atoms with Gasteiger partial charge in [0, 0.05) is 35.3 Å². The number of nitrogens with one attached hydrogen (secondary N) is 1. The lowest BCUT2D eigenvalue weighted by Gasteiger charge is -2.17. The van der Waals surface area contributed by atoms with Crippen molar-refractivity contribution >= 4 is 17.2 Å². The Morgan fingerprint density at radius 3 is 3.00 bits per heavy atom. The summed E-state index contributed by atoms with van der Waals surface area (Å²) >= 11 is 1.73. The second kappa shape index (κ2) is 5.65. The molecule has 1 aliphatic rings. The SMILES string of the molecule is Cc1csc(CCNc2ncnc3c2CCCC3)n1. The number of hydrogen-bond donors (Lipinski definition) is 1. The molecule has 0 spiro atoms. The Morgan fingerprint density at radius 2 is 2.16 bits per heavy atom. The molecule has 1 aliphatic carbocycles. The average molecular weight is 274 g/mol. The molecule has 4 nitrogen and oxygen atoms in total. The van der Waals surface area contributed by atoms with Gasteiger partial charge < -0.3 is 5.32 Å². The number of nitrogens with zero attached hydrogens (tertiary/aromatic N) is 3. The summed E-state index contributed by atoms with van der Waals surface area (Å²) in [6.45, 7) is 2.92. The molecule has 0 aromatic carbocycles. The van der Waals surface area contributed by atoms with Crippen LogP contribution in [0.25, 0.3) is 0 Å². The highest BCUT2D eigenvalue weighted by Crippen LogP contribution is 2.24. The van der Waals surface area contributed by atoms with Crippen molar-refractivity contribution in [2.45, 2.75) is 39.0 Å². The molecule has 3 rings (SSSR count). The number of aromatic nitrogens is 3. The van der Waals surface area contributed by atoms with Crippen LogP contribution >= 0.6 is 11.3 Å². The van der Waals surface area contributed by atoms with E-state index in [2.05, 4.69) is 25.6 Å². The van der Waals surface area contributed by atoms with E-state index in [9.17, 15) is 0 Å². The predicted octanol–water partition coefficient (Wildman–Crippen LogP) is 2.77. The molecule has 0 radical (unpaired) electrons. The van der Waals surface area contributed by atoms with E-state index in [1.54, 1.807) is 17.7 Å². The van der Waals surface area contributed by atoms with Crippen molar-refractivity contribution in [3.8, 4) is 0 Å². The van der Waals surface area contributed by atoms with E-state index in [4.69, 9.17) is 0 Å². The lowest BCUT2D eigenvalue weighted by atomic mass is 9.96. The fraction of sp³-hybridized carbons (Fsp3) is 0.500. The van der Waals surface area contributed by atoms with E-state index in [1.165, 1.54) is 29.1 Å². The Morgan fingerprint density at radius 1 is 1.26 bits per heavy atom. The molecule has 2 heterocycles. The summed E-state index contributed by atoms with van der Waals surface area (Å²) in [5.41, 5.74) is 3.66. The summed E-state index contributed by atoms with van der Waals surface area (Å²) in [7, 11) is 0. The van der Waals surface area contributed by atoms with Crippen LogP contribution in [0.2, 0.25) is 0 Å². The van der Waals surface area contributed by atoms with Gasteiger partial charge in [0.05, 0.1) is 5.01 Å². The average Bonchev–Trinajstić information content (AvgIpc) is 2.85.